The Labute approximate surface area is 146 Å². The Morgan fingerprint density at radius 2 is 1.92 bits per heavy atom. The Morgan fingerprint density at radius 3 is 2.48 bits per heavy atom. The minimum atomic E-state index is -0.406. The first-order valence-corrected chi connectivity index (χ1v) is 7.88. The van der Waals surface area contributed by atoms with Crippen molar-refractivity contribution in [1.29, 1.82) is 5.26 Å². The molecule has 2 N–H and O–H groups in total. The summed E-state index contributed by atoms with van der Waals surface area (Å²) in [5, 5.41) is 12.0. The van der Waals surface area contributed by atoms with Crippen LogP contribution < -0.4 is 15.6 Å². The first-order chi connectivity index (χ1) is 11.7. The summed E-state index contributed by atoms with van der Waals surface area (Å²) in [7, 11) is 0. The number of aromatic nitrogens is 1. The van der Waals surface area contributed by atoms with Crippen LogP contribution in [0.4, 0.5) is 0 Å². The van der Waals surface area contributed by atoms with Gasteiger partial charge in [0.05, 0.1) is 0 Å². The Balaban J connectivity index is 2.15. The lowest BCUT2D eigenvalue weighted by atomic mass is 10.0. The van der Waals surface area contributed by atoms with Crippen molar-refractivity contribution < 1.29 is 9.53 Å². The Kier molecular flexibility index (Phi) is 5.28. The molecule has 0 aliphatic rings. The molecule has 0 fully saturated rings. The number of hydrogen-bond donors (Lipinski definition) is 2. The monoisotopic (exact) mass is 339 g/mol. The minimum absolute atomic E-state index is 0.0730. The van der Waals surface area contributed by atoms with Crippen LogP contribution in [0.3, 0.4) is 0 Å². The van der Waals surface area contributed by atoms with E-state index in [9.17, 15) is 14.9 Å². The molecular formula is C19H21N3O3. The number of amides is 1. The maximum atomic E-state index is 11.9. The van der Waals surface area contributed by atoms with Crippen molar-refractivity contribution in [3.63, 3.8) is 0 Å². The van der Waals surface area contributed by atoms with E-state index in [4.69, 9.17) is 4.74 Å². The molecule has 0 saturated heterocycles. The lowest BCUT2D eigenvalue weighted by Crippen LogP contribution is -2.43. The van der Waals surface area contributed by atoms with E-state index in [0.717, 1.165) is 5.56 Å². The first kappa shape index (κ1) is 18.3. The fraction of sp³-hybridized carbons (Fsp3) is 0.316. The molecule has 0 radical (unpaired) electrons. The second-order valence-electron chi connectivity index (χ2n) is 6.79. The molecule has 1 amide bonds. The van der Waals surface area contributed by atoms with Gasteiger partial charge in [-0.3, -0.25) is 9.59 Å². The molecule has 130 valence electrons. The molecule has 1 aromatic heterocycles. The van der Waals surface area contributed by atoms with E-state index in [1.807, 2.05) is 26.8 Å². The van der Waals surface area contributed by atoms with Crippen molar-refractivity contribution >= 4 is 5.91 Å². The van der Waals surface area contributed by atoms with Crippen LogP contribution in [0.1, 0.15) is 32.0 Å². The summed E-state index contributed by atoms with van der Waals surface area (Å²) in [5.74, 6) is 0.335. The van der Waals surface area contributed by atoms with Crippen molar-refractivity contribution in [2.24, 2.45) is 0 Å². The predicted molar refractivity (Wildman–Crippen MR) is 95.3 cm³/mol. The number of hydrogen-bond acceptors (Lipinski definition) is 4. The van der Waals surface area contributed by atoms with Gasteiger partial charge in [-0.15, -0.1) is 0 Å². The largest absolute Gasteiger partial charge is 0.484 e. The molecule has 0 aliphatic carbocycles. The lowest BCUT2D eigenvalue weighted by Gasteiger charge is -2.20. The number of nitrogens with zero attached hydrogens (tertiary/aromatic N) is 1. The van der Waals surface area contributed by atoms with Gasteiger partial charge < -0.3 is 15.0 Å². The zero-order valence-electron chi connectivity index (χ0n) is 14.8. The van der Waals surface area contributed by atoms with Crippen LogP contribution in [-0.2, 0) is 4.79 Å². The Bertz CT molecular complexity index is 869. The first-order valence-electron chi connectivity index (χ1n) is 7.88. The fourth-order valence-corrected chi connectivity index (χ4v) is 2.36. The maximum Gasteiger partial charge on any atom is 0.266 e. The van der Waals surface area contributed by atoms with E-state index >= 15 is 0 Å². The van der Waals surface area contributed by atoms with E-state index in [1.54, 1.807) is 37.3 Å². The standard InChI is InChI=1S/C19H21N3O3/c1-12-9-15(16(10-20)18(24)21-12)13-5-7-14(8-6-13)25-11-17(23)22-19(2,3)4/h5-9H,11H2,1-4H3,(H,21,24)(H,22,23). The second-order valence-corrected chi connectivity index (χ2v) is 6.79. The van der Waals surface area contributed by atoms with Gasteiger partial charge >= 0.3 is 0 Å². The fourth-order valence-electron chi connectivity index (χ4n) is 2.36. The van der Waals surface area contributed by atoms with Crippen molar-refractivity contribution in [2.75, 3.05) is 6.61 Å². The molecular weight excluding hydrogens is 318 g/mol. The van der Waals surface area contributed by atoms with Gasteiger partial charge in [-0.2, -0.15) is 5.26 Å². The molecule has 0 bridgehead atoms. The van der Waals surface area contributed by atoms with E-state index in [-0.39, 0.29) is 23.6 Å². The SMILES string of the molecule is Cc1cc(-c2ccc(OCC(=O)NC(C)(C)C)cc2)c(C#N)c(=O)[nH]1. The molecule has 0 saturated carbocycles. The zero-order valence-corrected chi connectivity index (χ0v) is 14.8. The average molecular weight is 339 g/mol. The highest BCUT2D eigenvalue weighted by Crippen LogP contribution is 2.24. The van der Waals surface area contributed by atoms with Gasteiger partial charge in [0, 0.05) is 16.8 Å². The van der Waals surface area contributed by atoms with E-state index in [1.165, 1.54) is 0 Å². The van der Waals surface area contributed by atoms with Gasteiger partial charge in [0.1, 0.15) is 17.4 Å². The third kappa shape index (κ3) is 4.95. The summed E-state index contributed by atoms with van der Waals surface area (Å²) in [4.78, 5) is 26.3. The highest BCUT2D eigenvalue weighted by molar-refractivity contribution is 5.78. The maximum absolute atomic E-state index is 11.9. The number of pyridine rings is 1. The van der Waals surface area contributed by atoms with Crippen LogP contribution in [0.5, 0.6) is 5.75 Å². The van der Waals surface area contributed by atoms with E-state index < -0.39 is 5.56 Å². The van der Waals surface area contributed by atoms with Crippen molar-refractivity contribution in [2.45, 2.75) is 33.2 Å². The summed E-state index contributed by atoms with van der Waals surface area (Å²) in [6.45, 7) is 7.38. The molecule has 1 heterocycles. The number of aromatic amines is 1. The quantitative estimate of drug-likeness (QED) is 0.895. The molecule has 6 heteroatoms. The number of benzene rings is 1. The van der Waals surface area contributed by atoms with Crippen LogP contribution in [0.15, 0.2) is 35.1 Å². The number of rotatable bonds is 4. The van der Waals surface area contributed by atoms with Crippen LogP contribution in [0, 0.1) is 18.3 Å². The van der Waals surface area contributed by atoms with Gasteiger partial charge in [-0.05, 0) is 51.5 Å². The normalized spacial score (nSPS) is 10.8. The summed E-state index contributed by atoms with van der Waals surface area (Å²) in [5.41, 5.74) is 1.34. The predicted octanol–water partition coefficient (Wildman–Crippen LogP) is 2.52. The molecule has 0 aliphatic heterocycles. The number of carbonyl (C=O) groups excluding carboxylic acids is 1. The summed E-state index contributed by atoms with van der Waals surface area (Å²) in [6, 6.07) is 10.6. The summed E-state index contributed by atoms with van der Waals surface area (Å²) >= 11 is 0. The van der Waals surface area contributed by atoms with Gasteiger partial charge in [-0.25, -0.2) is 0 Å². The molecule has 2 rings (SSSR count). The zero-order chi connectivity index (χ0) is 18.6. The lowest BCUT2D eigenvalue weighted by molar-refractivity contribution is -0.124. The van der Waals surface area contributed by atoms with Gasteiger partial charge in [0.15, 0.2) is 6.61 Å². The minimum Gasteiger partial charge on any atom is -0.484 e. The molecule has 2 aromatic rings. The van der Waals surface area contributed by atoms with Gasteiger partial charge in [0.2, 0.25) is 0 Å². The number of nitriles is 1. The number of ether oxygens (including phenoxy) is 1. The van der Waals surface area contributed by atoms with Crippen molar-refractivity contribution in [1.82, 2.24) is 10.3 Å². The third-order valence-corrected chi connectivity index (χ3v) is 3.33. The Morgan fingerprint density at radius 1 is 1.28 bits per heavy atom. The van der Waals surface area contributed by atoms with E-state index in [0.29, 0.717) is 17.0 Å². The molecule has 0 spiro atoms. The molecule has 1 aromatic carbocycles. The smallest absolute Gasteiger partial charge is 0.266 e. The summed E-state index contributed by atoms with van der Waals surface area (Å²) in [6.07, 6.45) is 0. The second kappa shape index (κ2) is 7.22. The van der Waals surface area contributed by atoms with Crippen LogP contribution in [0.2, 0.25) is 0 Å². The van der Waals surface area contributed by atoms with Crippen molar-refractivity contribution in [3.8, 4) is 22.9 Å². The Hall–Kier alpha value is -3.07. The number of nitrogens with one attached hydrogen (secondary N) is 2. The molecule has 25 heavy (non-hydrogen) atoms. The van der Waals surface area contributed by atoms with Crippen LogP contribution in [0.25, 0.3) is 11.1 Å². The topological polar surface area (TPSA) is 95.0 Å². The van der Waals surface area contributed by atoms with Crippen LogP contribution in [-0.4, -0.2) is 23.0 Å². The average Bonchev–Trinajstić information content (AvgIpc) is 2.51. The third-order valence-electron chi connectivity index (χ3n) is 3.33. The highest BCUT2D eigenvalue weighted by atomic mass is 16.5. The number of aryl methyl sites for hydroxylation is 1. The van der Waals surface area contributed by atoms with E-state index in [2.05, 4.69) is 10.3 Å². The number of H-pyrrole nitrogens is 1. The van der Waals surface area contributed by atoms with Crippen LogP contribution >= 0.6 is 0 Å². The molecule has 6 nitrogen and oxygen atoms in total. The molecule has 0 unspecified atom stereocenters. The summed E-state index contributed by atoms with van der Waals surface area (Å²) < 4.78 is 5.46. The number of carbonyl (C=O) groups is 1. The van der Waals surface area contributed by atoms with Gasteiger partial charge in [0.25, 0.3) is 11.5 Å². The van der Waals surface area contributed by atoms with Crippen molar-refractivity contribution in [3.05, 3.63) is 51.9 Å². The highest BCUT2D eigenvalue weighted by Gasteiger charge is 2.14. The van der Waals surface area contributed by atoms with Gasteiger partial charge in [-0.1, -0.05) is 12.1 Å². The molecule has 0 atom stereocenters.